The molecule has 1 aliphatic rings. The van der Waals surface area contributed by atoms with Crippen LogP contribution in [0.2, 0.25) is 0 Å². The van der Waals surface area contributed by atoms with Gasteiger partial charge in [-0.1, -0.05) is 6.92 Å². The molecule has 0 aromatic heterocycles. The van der Waals surface area contributed by atoms with Crippen LogP contribution in [0, 0.1) is 0 Å². The number of likely N-dealkylation sites (tertiary alicyclic amines) is 1. The second-order valence-corrected chi connectivity index (χ2v) is 5.04. The maximum atomic E-state index is 11.9. The predicted octanol–water partition coefficient (Wildman–Crippen LogP) is 1.35. The van der Waals surface area contributed by atoms with Gasteiger partial charge in [0.1, 0.15) is 0 Å². The number of amides is 1. The van der Waals surface area contributed by atoms with Crippen molar-refractivity contribution < 1.29 is 9.53 Å². The third kappa shape index (κ3) is 4.28. The highest BCUT2D eigenvalue weighted by Gasteiger charge is 2.28. The Morgan fingerprint density at radius 1 is 1.53 bits per heavy atom. The monoisotopic (exact) mass is 242 g/mol. The van der Waals surface area contributed by atoms with Gasteiger partial charge in [0.15, 0.2) is 0 Å². The number of hydrogen-bond acceptors (Lipinski definition) is 3. The van der Waals surface area contributed by atoms with Crippen LogP contribution in [0.5, 0.6) is 0 Å². The predicted molar refractivity (Wildman–Crippen MR) is 69.0 cm³/mol. The van der Waals surface area contributed by atoms with Crippen molar-refractivity contribution in [1.82, 2.24) is 9.80 Å². The summed E-state index contributed by atoms with van der Waals surface area (Å²) in [6.45, 7) is 6.84. The summed E-state index contributed by atoms with van der Waals surface area (Å²) in [5.74, 6) is 0.182. The van der Waals surface area contributed by atoms with Gasteiger partial charge < -0.3 is 9.64 Å². The van der Waals surface area contributed by atoms with Gasteiger partial charge in [0.25, 0.3) is 0 Å². The molecule has 0 aromatic rings. The van der Waals surface area contributed by atoms with Crippen molar-refractivity contribution in [2.45, 2.75) is 45.3 Å². The lowest BCUT2D eigenvalue weighted by atomic mass is 10.1. The zero-order chi connectivity index (χ0) is 12.8. The van der Waals surface area contributed by atoms with Crippen molar-refractivity contribution in [2.24, 2.45) is 0 Å². The van der Waals surface area contributed by atoms with E-state index in [9.17, 15) is 4.79 Å². The summed E-state index contributed by atoms with van der Waals surface area (Å²) in [4.78, 5) is 15.8. The van der Waals surface area contributed by atoms with E-state index in [1.165, 1.54) is 0 Å². The lowest BCUT2D eigenvalue weighted by molar-refractivity contribution is -0.135. The summed E-state index contributed by atoms with van der Waals surface area (Å²) in [5, 5.41) is 0. The minimum Gasteiger partial charge on any atom is -0.377 e. The van der Waals surface area contributed by atoms with Crippen molar-refractivity contribution in [3.8, 4) is 0 Å². The van der Waals surface area contributed by atoms with Crippen molar-refractivity contribution in [3.63, 3.8) is 0 Å². The van der Waals surface area contributed by atoms with E-state index in [0.29, 0.717) is 6.10 Å². The number of rotatable bonds is 5. The normalized spacial score (nSPS) is 23.4. The number of carbonyl (C=O) groups is 1. The van der Waals surface area contributed by atoms with E-state index in [-0.39, 0.29) is 11.9 Å². The Labute approximate surface area is 105 Å². The summed E-state index contributed by atoms with van der Waals surface area (Å²) in [7, 11) is 3.63. The number of carbonyl (C=O) groups excluding carboxylic acids is 1. The smallest absolute Gasteiger partial charge is 0.239 e. The summed E-state index contributed by atoms with van der Waals surface area (Å²) >= 11 is 0. The van der Waals surface area contributed by atoms with Crippen LogP contribution >= 0.6 is 0 Å². The van der Waals surface area contributed by atoms with Crippen LogP contribution in [-0.4, -0.2) is 61.6 Å². The van der Waals surface area contributed by atoms with Crippen LogP contribution in [-0.2, 0) is 9.53 Å². The summed E-state index contributed by atoms with van der Waals surface area (Å²) < 4.78 is 5.79. The third-order valence-corrected chi connectivity index (χ3v) is 3.31. The third-order valence-electron chi connectivity index (χ3n) is 3.31. The first-order chi connectivity index (χ1) is 8.06. The summed E-state index contributed by atoms with van der Waals surface area (Å²) in [6, 6.07) is -0.0296. The van der Waals surface area contributed by atoms with Crippen LogP contribution in [0.3, 0.4) is 0 Å². The van der Waals surface area contributed by atoms with Gasteiger partial charge in [-0.05, 0) is 32.7 Å². The molecule has 100 valence electrons. The molecule has 0 N–H and O–H groups in total. The molecule has 1 aliphatic heterocycles. The van der Waals surface area contributed by atoms with Gasteiger partial charge in [-0.2, -0.15) is 0 Å². The molecule has 1 saturated heterocycles. The largest absolute Gasteiger partial charge is 0.377 e. The Morgan fingerprint density at radius 2 is 2.24 bits per heavy atom. The van der Waals surface area contributed by atoms with E-state index in [0.717, 1.165) is 39.0 Å². The first-order valence-electron chi connectivity index (χ1n) is 6.63. The van der Waals surface area contributed by atoms with E-state index >= 15 is 0 Å². The van der Waals surface area contributed by atoms with E-state index in [1.54, 1.807) is 4.90 Å². The average molecular weight is 242 g/mol. The van der Waals surface area contributed by atoms with Gasteiger partial charge >= 0.3 is 0 Å². The van der Waals surface area contributed by atoms with Crippen molar-refractivity contribution >= 4 is 5.91 Å². The molecule has 2 atom stereocenters. The minimum atomic E-state index is -0.0296. The lowest BCUT2D eigenvalue weighted by Gasteiger charge is -2.36. The fourth-order valence-electron chi connectivity index (χ4n) is 2.27. The molecule has 2 unspecified atom stereocenters. The molecule has 0 radical (unpaired) electrons. The molecule has 1 heterocycles. The van der Waals surface area contributed by atoms with Gasteiger partial charge in [-0.25, -0.2) is 0 Å². The minimum absolute atomic E-state index is 0.0296. The lowest BCUT2D eigenvalue weighted by Crippen LogP contribution is -2.50. The standard InChI is InChI=1S/C13H26N2O2/c1-5-9-17-12-7-6-8-15(10-12)11(2)13(16)14(3)4/h11-12H,5-10H2,1-4H3. The van der Waals surface area contributed by atoms with E-state index in [1.807, 2.05) is 21.0 Å². The molecule has 0 saturated carbocycles. The van der Waals surface area contributed by atoms with Gasteiger partial charge in [0.05, 0.1) is 12.1 Å². The zero-order valence-electron chi connectivity index (χ0n) is 11.6. The van der Waals surface area contributed by atoms with Gasteiger partial charge in [0.2, 0.25) is 5.91 Å². The van der Waals surface area contributed by atoms with Gasteiger partial charge in [-0.15, -0.1) is 0 Å². The Hall–Kier alpha value is -0.610. The van der Waals surface area contributed by atoms with Crippen LogP contribution in [0.15, 0.2) is 0 Å². The quantitative estimate of drug-likeness (QED) is 0.729. The summed E-state index contributed by atoms with van der Waals surface area (Å²) in [5.41, 5.74) is 0. The maximum Gasteiger partial charge on any atom is 0.239 e. The number of hydrogen-bond donors (Lipinski definition) is 0. The molecule has 0 bridgehead atoms. The molecule has 1 rings (SSSR count). The fraction of sp³-hybridized carbons (Fsp3) is 0.923. The zero-order valence-corrected chi connectivity index (χ0v) is 11.6. The molecule has 17 heavy (non-hydrogen) atoms. The van der Waals surface area contributed by atoms with Crippen LogP contribution in [0.25, 0.3) is 0 Å². The highest BCUT2D eigenvalue weighted by Crippen LogP contribution is 2.16. The van der Waals surface area contributed by atoms with Crippen LogP contribution in [0.4, 0.5) is 0 Å². The highest BCUT2D eigenvalue weighted by atomic mass is 16.5. The van der Waals surface area contributed by atoms with Crippen molar-refractivity contribution in [2.75, 3.05) is 33.8 Å². The number of ether oxygens (including phenoxy) is 1. The first-order valence-corrected chi connectivity index (χ1v) is 6.63. The molecule has 4 heteroatoms. The van der Waals surface area contributed by atoms with E-state index in [4.69, 9.17) is 4.74 Å². The number of nitrogens with zero attached hydrogens (tertiary/aromatic N) is 2. The Bertz CT molecular complexity index is 244. The van der Waals surface area contributed by atoms with E-state index < -0.39 is 0 Å². The molecule has 0 spiro atoms. The number of likely N-dealkylation sites (N-methyl/N-ethyl adjacent to an activating group) is 1. The molecular formula is C13H26N2O2. The molecular weight excluding hydrogens is 216 g/mol. The second-order valence-electron chi connectivity index (χ2n) is 5.04. The Balaban J connectivity index is 2.45. The Morgan fingerprint density at radius 3 is 2.82 bits per heavy atom. The van der Waals surface area contributed by atoms with Crippen LogP contribution < -0.4 is 0 Å². The molecule has 1 fully saturated rings. The first kappa shape index (κ1) is 14.5. The van der Waals surface area contributed by atoms with Crippen LogP contribution in [0.1, 0.15) is 33.1 Å². The molecule has 1 amide bonds. The topological polar surface area (TPSA) is 32.8 Å². The SMILES string of the molecule is CCCOC1CCCN(C(C)C(=O)N(C)C)C1. The van der Waals surface area contributed by atoms with E-state index in [2.05, 4.69) is 11.8 Å². The second kappa shape index (κ2) is 6.97. The highest BCUT2D eigenvalue weighted by molar-refractivity contribution is 5.80. The number of piperidine rings is 1. The fourth-order valence-corrected chi connectivity index (χ4v) is 2.27. The molecule has 0 aromatic carbocycles. The maximum absolute atomic E-state index is 11.9. The Kier molecular flexibility index (Phi) is 5.92. The van der Waals surface area contributed by atoms with Gasteiger partial charge in [-0.3, -0.25) is 9.69 Å². The van der Waals surface area contributed by atoms with Gasteiger partial charge in [0, 0.05) is 27.2 Å². The van der Waals surface area contributed by atoms with Crippen molar-refractivity contribution in [1.29, 1.82) is 0 Å². The average Bonchev–Trinajstić information content (AvgIpc) is 2.34. The molecule has 4 nitrogen and oxygen atoms in total. The van der Waals surface area contributed by atoms with Crippen molar-refractivity contribution in [3.05, 3.63) is 0 Å². The summed E-state index contributed by atoms with van der Waals surface area (Å²) in [6.07, 6.45) is 3.61. The molecule has 0 aliphatic carbocycles.